The molecule has 96 valence electrons. The summed E-state index contributed by atoms with van der Waals surface area (Å²) in [6, 6.07) is 6.66. The quantitative estimate of drug-likeness (QED) is 0.909. The van der Waals surface area contributed by atoms with Gasteiger partial charge in [0.05, 0.1) is 6.26 Å². The number of benzene rings is 1. The van der Waals surface area contributed by atoms with Crippen LogP contribution in [0.1, 0.15) is 22.7 Å². The Balaban J connectivity index is 2.26. The fourth-order valence-corrected chi connectivity index (χ4v) is 2.25. The van der Waals surface area contributed by atoms with Crippen molar-refractivity contribution in [1.29, 1.82) is 0 Å². The summed E-state index contributed by atoms with van der Waals surface area (Å²) in [4.78, 5) is 0. The Morgan fingerprint density at radius 1 is 1.39 bits per heavy atom. The van der Waals surface area contributed by atoms with Gasteiger partial charge in [-0.15, -0.1) is 0 Å². The number of halogens is 2. The molecule has 4 heteroatoms. The van der Waals surface area contributed by atoms with E-state index >= 15 is 0 Å². The van der Waals surface area contributed by atoms with Crippen LogP contribution in [0.25, 0.3) is 0 Å². The van der Waals surface area contributed by atoms with Crippen LogP contribution < -0.4 is 5.32 Å². The normalized spacial score (nSPS) is 12.7. The molecule has 0 radical (unpaired) electrons. The van der Waals surface area contributed by atoms with Crippen molar-refractivity contribution in [2.24, 2.45) is 0 Å². The molecule has 2 nitrogen and oxygen atoms in total. The standard InChI is InChI=1S/C14H15ClFNO/c1-9-3-4-11(16)7-10(9)8-13(17-2)12-5-6-18-14(12)15/h3-7,13,17H,8H2,1-2H3. The number of furan rings is 1. The lowest BCUT2D eigenvalue weighted by Crippen LogP contribution is -2.19. The summed E-state index contributed by atoms with van der Waals surface area (Å²) in [6.07, 6.45) is 2.22. The molecule has 0 bridgehead atoms. The van der Waals surface area contributed by atoms with Gasteiger partial charge in [0.25, 0.3) is 0 Å². The van der Waals surface area contributed by atoms with Crippen molar-refractivity contribution in [2.75, 3.05) is 7.05 Å². The van der Waals surface area contributed by atoms with Gasteiger partial charge in [0.2, 0.25) is 0 Å². The van der Waals surface area contributed by atoms with Crippen LogP contribution in [0.15, 0.2) is 34.9 Å². The van der Waals surface area contributed by atoms with Gasteiger partial charge in [0.15, 0.2) is 5.22 Å². The van der Waals surface area contributed by atoms with Crippen LogP contribution in [0.5, 0.6) is 0 Å². The predicted molar refractivity (Wildman–Crippen MR) is 70.4 cm³/mol. The lowest BCUT2D eigenvalue weighted by Gasteiger charge is -2.16. The molecule has 1 unspecified atom stereocenters. The lowest BCUT2D eigenvalue weighted by atomic mass is 9.97. The van der Waals surface area contributed by atoms with Crippen molar-refractivity contribution in [3.05, 3.63) is 58.3 Å². The summed E-state index contributed by atoms with van der Waals surface area (Å²) in [7, 11) is 1.85. The van der Waals surface area contributed by atoms with Crippen LogP contribution in [0.3, 0.4) is 0 Å². The minimum Gasteiger partial charge on any atom is -0.453 e. The Kier molecular flexibility index (Phi) is 4.04. The molecular weight excluding hydrogens is 253 g/mol. The molecular formula is C14H15ClFNO. The Hall–Kier alpha value is -1.32. The molecule has 1 aromatic carbocycles. The monoisotopic (exact) mass is 267 g/mol. The molecule has 0 aliphatic rings. The molecule has 0 amide bonds. The minimum absolute atomic E-state index is 0.0109. The largest absolute Gasteiger partial charge is 0.453 e. The zero-order chi connectivity index (χ0) is 13.1. The van der Waals surface area contributed by atoms with E-state index in [9.17, 15) is 4.39 Å². The minimum atomic E-state index is -0.219. The van der Waals surface area contributed by atoms with Gasteiger partial charge in [-0.05, 0) is 61.3 Å². The van der Waals surface area contributed by atoms with Gasteiger partial charge in [-0.25, -0.2) is 4.39 Å². The Bertz CT molecular complexity index is 538. The van der Waals surface area contributed by atoms with Crippen molar-refractivity contribution >= 4 is 11.6 Å². The van der Waals surface area contributed by atoms with E-state index in [1.54, 1.807) is 18.4 Å². The first-order valence-electron chi connectivity index (χ1n) is 5.77. The van der Waals surface area contributed by atoms with Gasteiger partial charge in [0.1, 0.15) is 5.82 Å². The number of aryl methyl sites for hydroxylation is 1. The van der Waals surface area contributed by atoms with Crippen molar-refractivity contribution in [3.8, 4) is 0 Å². The third-order valence-corrected chi connectivity index (χ3v) is 3.41. The third kappa shape index (κ3) is 2.74. The van der Waals surface area contributed by atoms with Crippen molar-refractivity contribution in [2.45, 2.75) is 19.4 Å². The summed E-state index contributed by atoms with van der Waals surface area (Å²) < 4.78 is 18.3. The van der Waals surface area contributed by atoms with E-state index in [0.717, 1.165) is 16.7 Å². The summed E-state index contributed by atoms with van der Waals surface area (Å²) in [5.74, 6) is -0.219. The maximum atomic E-state index is 13.3. The highest BCUT2D eigenvalue weighted by Crippen LogP contribution is 2.27. The van der Waals surface area contributed by atoms with Gasteiger partial charge in [-0.3, -0.25) is 0 Å². The van der Waals surface area contributed by atoms with E-state index in [1.807, 2.05) is 20.0 Å². The first-order chi connectivity index (χ1) is 8.61. The molecule has 0 spiro atoms. The SMILES string of the molecule is CNC(Cc1cc(F)ccc1C)c1ccoc1Cl. The second-order valence-corrected chi connectivity index (χ2v) is 4.61. The third-order valence-electron chi connectivity index (χ3n) is 3.11. The zero-order valence-electron chi connectivity index (χ0n) is 10.3. The molecule has 0 aliphatic heterocycles. The molecule has 18 heavy (non-hydrogen) atoms. The van der Waals surface area contributed by atoms with Crippen molar-refractivity contribution < 1.29 is 8.81 Å². The van der Waals surface area contributed by atoms with E-state index < -0.39 is 0 Å². The smallest absolute Gasteiger partial charge is 0.197 e. The van der Waals surface area contributed by atoms with Gasteiger partial charge in [-0.2, -0.15) is 0 Å². The Morgan fingerprint density at radius 3 is 2.78 bits per heavy atom. The number of likely N-dealkylation sites (N-methyl/N-ethyl adjacent to an activating group) is 1. The van der Waals surface area contributed by atoms with E-state index in [4.69, 9.17) is 16.0 Å². The number of hydrogen-bond donors (Lipinski definition) is 1. The summed E-state index contributed by atoms with van der Waals surface area (Å²) in [6.45, 7) is 1.97. The molecule has 1 atom stereocenters. The van der Waals surface area contributed by atoms with E-state index in [-0.39, 0.29) is 11.9 Å². The highest BCUT2D eigenvalue weighted by molar-refractivity contribution is 6.29. The first kappa shape index (κ1) is 13.1. The summed E-state index contributed by atoms with van der Waals surface area (Å²) >= 11 is 5.97. The van der Waals surface area contributed by atoms with Crippen LogP contribution >= 0.6 is 11.6 Å². The van der Waals surface area contributed by atoms with Crippen molar-refractivity contribution in [1.82, 2.24) is 5.32 Å². The van der Waals surface area contributed by atoms with Gasteiger partial charge >= 0.3 is 0 Å². The molecule has 2 rings (SSSR count). The molecule has 1 N–H and O–H groups in total. The second kappa shape index (κ2) is 5.55. The van der Waals surface area contributed by atoms with E-state index in [2.05, 4.69) is 5.32 Å². The lowest BCUT2D eigenvalue weighted by molar-refractivity contribution is 0.542. The molecule has 0 aliphatic carbocycles. The van der Waals surface area contributed by atoms with E-state index in [1.165, 1.54) is 6.07 Å². The maximum absolute atomic E-state index is 13.3. The Morgan fingerprint density at radius 2 is 2.17 bits per heavy atom. The van der Waals surface area contributed by atoms with Gasteiger partial charge < -0.3 is 9.73 Å². The van der Waals surface area contributed by atoms with Crippen LogP contribution in [0, 0.1) is 12.7 Å². The summed E-state index contributed by atoms with van der Waals surface area (Å²) in [5.41, 5.74) is 2.92. The zero-order valence-corrected chi connectivity index (χ0v) is 11.1. The molecule has 0 saturated heterocycles. The summed E-state index contributed by atoms with van der Waals surface area (Å²) in [5, 5.41) is 3.55. The fourth-order valence-electron chi connectivity index (χ4n) is 2.00. The highest BCUT2D eigenvalue weighted by Gasteiger charge is 2.16. The molecule has 2 aromatic rings. The van der Waals surface area contributed by atoms with Crippen LogP contribution in [-0.2, 0) is 6.42 Å². The van der Waals surface area contributed by atoms with E-state index in [0.29, 0.717) is 11.6 Å². The topological polar surface area (TPSA) is 25.2 Å². The predicted octanol–water partition coefficient (Wildman–Crippen LogP) is 3.88. The molecule has 1 heterocycles. The number of nitrogens with one attached hydrogen (secondary N) is 1. The van der Waals surface area contributed by atoms with Crippen LogP contribution in [0.2, 0.25) is 5.22 Å². The van der Waals surface area contributed by atoms with Crippen LogP contribution in [-0.4, -0.2) is 7.05 Å². The maximum Gasteiger partial charge on any atom is 0.197 e. The highest BCUT2D eigenvalue weighted by atomic mass is 35.5. The molecule has 0 fully saturated rings. The fraction of sp³-hybridized carbons (Fsp3) is 0.286. The average molecular weight is 268 g/mol. The average Bonchev–Trinajstić information content (AvgIpc) is 2.77. The first-order valence-corrected chi connectivity index (χ1v) is 6.14. The molecule has 1 aromatic heterocycles. The van der Waals surface area contributed by atoms with Crippen LogP contribution in [0.4, 0.5) is 4.39 Å². The number of rotatable bonds is 4. The van der Waals surface area contributed by atoms with Crippen molar-refractivity contribution in [3.63, 3.8) is 0 Å². The number of hydrogen-bond acceptors (Lipinski definition) is 2. The second-order valence-electron chi connectivity index (χ2n) is 4.27. The molecule has 0 saturated carbocycles. The van der Waals surface area contributed by atoms with Gasteiger partial charge in [0, 0.05) is 11.6 Å². The van der Waals surface area contributed by atoms with Gasteiger partial charge in [-0.1, -0.05) is 6.07 Å². The Labute approximate surface area is 111 Å².